The highest BCUT2D eigenvalue weighted by molar-refractivity contribution is 9.12. The Balaban J connectivity index is 3.05. The number of nitrogens with zero attached hydrogens (tertiary/aromatic N) is 1. The Morgan fingerprint density at radius 2 is 1.93 bits per heavy atom. The van der Waals surface area contributed by atoms with Gasteiger partial charge < -0.3 is 4.74 Å². The van der Waals surface area contributed by atoms with E-state index in [1.54, 1.807) is 7.11 Å². The van der Waals surface area contributed by atoms with E-state index in [9.17, 15) is 0 Å². The zero-order valence-electron chi connectivity index (χ0n) is 8.04. The number of allylic oxidation sites excluding steroid dienone is 1. The standard InChI is InChI=1S/C11H10BrNO/c1-8(11(12)13-2)9-4-6-10(14-3)7-5-9/h4-7H,1,3H3/b11-8+. The van der Waals surface area contributed by atoms with E-state index >= 15 is 0 Å². The molecule has 0 aliphatic rings. The fraction of sp³-hybridized carbons (Fsp3) is 0.182. The van der Waals surface area contributed by atoms with E-state index in [2.05, 4.69) is 20.8 Å². The van der Waals surface area contributed by atoms with Gasteiger partial charge in [0.2, 0.25) is 4.61 Å². The van der Waals surface area contributed by atoms with Crippen molar-refractivity contribution in [3.05, 3.63) is 45.9 Å². The fourth-order valence-electron chi connectivity index (χ4n) is 1.04. The van der Waals surface area contributed by atoms with Crippen LogP contribution in [0.15, 0.2) is 28.9 Å². The van der Waals surface area contributed by atoms with Gasteiger partial charge in [0, 0.05) is 0 Å². The summed E-state index contributed by atoms with van der Waals surface area (Å²) in [7, 11) is 1.63. The Morgan fingerprint density at radius 3 is 2.36 bits per heavy atom. The van der Waals surface area contributed by atoms with E-state index in [-0.39, 0.29) is 0 Å². The van der Waals surface area contributed by atoms with Gasteiger partial charge in [0.05, 0.1) is 13.7 Å². The zero-order valence-corrected chi connectivity index (χ0v) is 9.63. The maximum atomic E-state index is 6.86. The first-order valence-electron chi connectivity index (χ1n) is 4.07. The van der Waals surface area contributed by atoms with E-state index in [0.717, 1.165) is 16.9 Å². The first-order valence-corrected chi connectivity index (χ1v) is 4.86. The molecule has 0 saturated carbocycles. The molecular weight excluding hydrogens is 242 g/mol. The molecule has 1 aromatic rings. The highest BCUT2D eigenvalue weighted by Crippen LogP contribution is 2.24. The van der Waals surface area contributed by atoms with Gasteiger partial charge in [0.15, 0.2) is 0 Å². The van der Waals surface area contributed by atoms with Crippen LogP contribution in [0.1, 0.15) is 12.5 Å². The van der Waals surface area contributed by atoms with Crippen LogP contribution >= 0.6 is 15.9 Å². The van der Waals surface area contributed by atoms with Crippen molar-refractivity contribution in [3.8, 4) is 5.75 Å². The van der Waals surface area contributed by atoms with Gasteiger partial charge >= 0.3 is 0 Å². The van der Waals surface area contributed by atoms with Gasteiger partial charge in [-0.1, -0.05) is 28.1 Å². The van der Waals surface area contributed by atoms with Crippen molar-refractivity contribution < 1.29 is 4.74 Å². The normalized spacial score (nSPS) is 11.6. The van der Waals surface area contributed by atoms with Crippen LogP contribution < -0.4 is 4.74 Å². The van der Waals surface area contributed by atoms with Crippen molar-refractivity contribution in [2.75, 3.05) is 7.11 Å². The summed E-state index contributed by atoms with van der Waals surface area (Å²) in [5, 5.41) is 0. The molecule has 0 atom stereocenters. The third-order valence-electron chi connectivity index (χ3n) is 1.93. The quantitative estimate of drug-likeness (QED) is 0.578. The van der Waals surface area contributed by atoms with Gasteiger partial charge in [0.25, 0.3) is 0 Å². The van der Waals surface area contributed by atoms with E-state index in [1.165, 1.54) is 0 Å². The Hall–Kier alpha value is -1.27. The molecule has 2 nitrogen and oxygen atoms in total. The van der Waals surface area contributed by atoms with Crippen LogP contribution in [0.25, 0.3) is 10.4 Å². The summed E-state index contributed by atoms with van der Waals surface area (Å²) in [6.07, 6.45) is 0. The lowest BCUT2D eigenvalue weighted by molar-refractivity contribution is 0.415. The van der Waals surface area contributed by atoms with Crippen molar-refractivity contribution in [1.82, 2.24) is 0 Å². The molecule has 0 aliphatic carbocycles. The van der Waals surface area contributed by atoms with Crippen molar-refractivity contribution in [2.45, 2.75) is 6.92 Å². The third kappa shape index (κ3) is 2.36. The molecule has 0 bridgehead atoms. The summed E-state index contributed by atoms with van der Waals surface area (Å²) in [5.41, 5.74) is 1.95. The summed E-state index contributed by atoms with van der Waals surface area (Å²) in [4.78, 5) is 3.32. The predicted octanol–water partition coefficient (Wildman–Crippen LogP) is 3.70. The molecule has 0 heterocycles. The van der Waals surface area contributed by atoms with Gasteiger partial charge in [0.1, 0.15) is 5.75 Å². The molecule has 0 unspecified atom stereocenters. The minimum Gasteiger partial charge on any atom is -0.497 e. The van der Waals surface area contributed by atoms with Gasteiger partial charge in [-0.15, -0.1) is 0 Å². The summed E-state index contributed by atoms with van der Waals surface area (Å²) >= 11 is 3.21. The number of hydrogen-bond donors (Lipinski definition) is 0. The molecule has 0 N–H and O–H groups in total. The Morgan fingerprint density at radius 1 is 1.36 bits per heavy atom. The number of rotatable bonds is 2. The SMILES string of the molecule is [C-]#[N+]/C(Br)=C(\C)c1ccc(OC)cc1. The van der Waals surface area contributed by atoms with Crippen molar-refractivity contribution in [2.24, 2.45) is 0 Å². The van der Waals surface area contributed by atoms with E-state index in [4.69, 9.17) is 11.3 Å². The monoisotopic (exact) mass is 251 g/mol. The van der Waals surface area contributed by atoms with E-state index < -0.39 is 0 Å². The lowest BCUT2D eigenvalue weighted by Gasteiger charge is -2.03. The first-order chi connectivity index (χ1) is 6.69. The van der Waals surface area contributed by atoms with Crippen molar-refractivity contribution in [3.63, 3.8) is 0 Å². The van der Waals surface area contributed by atoms with Gasteiger partial charge in [-0.3, -0.25) is 0 Å². The molecule has 72 valence electrons. The molecule has 0 aromatic heterocycles. The summed E-state index contributed by atoms with van der Waals surface area (Å²) in [6.45, 7) is 8.77. The van der Waals surface area contributed by atoms with E-state index in [0.29, 0.717) is 4.61 Å². The Bertz CT molecular complexity index is 387. The summed E-state index contributed by atoms with van der Waals surface area (Å²) < 4.78 is 5.59. The summed E-state index contributed by atoms with van der Waals surface area (Å²) in [5.74, 6) is 0.820. The first kappa shape index (κ1) is 10.8. The minimum atomic E-state index is 0.544. The molecule has 0 radical (unpaired) electrons. The minimum absolute atomic E-state index is 0.544. The topological polar surface area (TPSA) is 13.6 Å². The molecule has 0 amide bonds. The van der Waals surface area contributed by atoms with Crippen LogP contribution in [-0.4, -0.2) is 7.11 Å². The highest BCUT2D eigenvalue weighted by Gasteiger charge is 2.01. The molecule has 0 spiro atoms. The molecular formula is C11H10BrNO. The second-order valence-corrected chi connectivity index (χ2v) is 3.51. The van der Waals surface area contributed by atoms with Crippen LogP contribution in [0.3, 0.4) is 0 Å². The van der Waals surface area contributed by atoms with Crippen LogP contribution in [0.2, 0.25) is 0 Å². The molecule has 1 rings (SSSR count). The summed E-state index contributed by atoms with van der Waals surface area (Å²) in [6, 6.07) is 7.62. The number of benzene rings is 1. The average molecular weight is 252 g/mol. The maximum Gasteiger partial charge on any atom is 0.231 e. The second-order valence-electron chi connectivity index (χ2n) is 2.76. The molecule has 0 aliphatic heterocycles. The molecule has 0 saturated heterocycles. The average Bonchev–Trinajstić information content (AvgIpc) is 2.27. The highest BCUT2D eigenvalue weighted by atomic mass is 79.9. The van der Waals surface area contributed by atoms with Crippen LogP contribution in [0, 0.1) is 6.57 Å². The second kappa shape index (κ2) is 4.83. The number of ether oxygens (including phenoxy) is 1. The lowest BCUT2D eigenvalue weighted by atomic mass is 10.1. The zero-order chi connectivity index (χ0) is 10.6. The smallest absolute Gasteiger partial charge is 0.231 e. The predicted molar refractivity (Wildman–Crippen MR) is 61.1 cm³/mol. The Kier molecular flexibility index (Phi) is 3.73. The number of methoxy groups -OCH3 is 1. The number of halogens is 1. The Labute approximate surface area is 92.2 Å². The van der Waals surface area contributed by atoms with Crippen LogP contribution in [0.5, 0.6) is 5.75 Å². The van der Waals surface area contributed by atoms with Crippen molar-refractivity contribution in [1.29, 1.82) is 0 Å². The van der Waals surface area contributed by atoms with Crippen molar-refractivity contribution >= 4 is 21.5 Å². The molecule has 1 aromatic carbocycles. The maximum absolute atomic E-state index is 6.86. The van der Waals surface area contributed by atoms with Gasteiger partial charge in [-0.05, 0) is 30.2 Å². The molecule has 14 heavy (non-hydrogen) atoms. The third-order valence-corrected chi connectivity index (χ3v) is 2.70. The van der Waals surface area contributed by atoms with Crippen LogP contribution in [0.4, 0.5) is 0 Å². The molecule has 0 fully saturated rings. The van der Waals surface area contributed by atoms with Crippen LogP contribution in [-0.2, 0) is 0 Å². The number of hydrogen-bond acceptors (Lipinski definition) is 1. The van der Waals surface area contributed by atoms with Gasteiger partial charge in [-0.2, -0.15) is 0 Å². The largest absolute Gasteiger partial charge is 0.497 e. The fourth-order valence-corrected chi connectivity index (χ4v) is 1.27. The lowest BCUT2D eigenvalue weighted by Crippen LogP contribution is -1.84. The van der Waals surface area contributed by atoms with Gasteiger partial charge in [-0.25, -0.2) is 4.85 Å². The van der Waals surface area contributed by atoms with E-state index in [1.807, 2.05) is 31.2 Å². The molecule has 3 heteroatoms.